The fourth-order valence-electron chi connectivity index (χ4n) is 1.59. The summed E-state index contributed by atoms with van der Waals surface area (Å²) in [5, 5.41) is 3.22. The topological polar surface area (TPSA) is 22.0 Å². The number of hydrogen-bond acceptors (Lipinski definition) is 2. The summed E-state index contributed by atoms with van der Waals surface area (Å²) in [7, 11) is 0. The lowest BCUT2D eigenvalue weighted by Crippen LogP contribution is -2.03. The van der Waals surface area contributed by atoms with Gasteiger partial charge in [0.25, 0.3) is 0 Å². The Kier molecular flexibility index (Phi) is 1.96. The van der Waals surface area contributed by atoms with Gasteiger partial charge >= 0.3 is 0 Å². The highest BCUT2D eigenvalue weighted by atomic mass is 32.1. The van der Waals surface area contributed by atoms with Crippen LogP contribution in [0.3, 0.4) is 0 Å². The van der Waals surface area contributed by atoms with E-state index in [1.807, 2.05) is 12.1 Å². The molecule has 0 fully saturated rings. The molecule has 0 aliphatic heterocycles. The highest BCUT2D eigenvalue weighted by molar-refractivity contribution is 7.16. The van der Waals surface area contributed by atoms with Gasteiger partial charge in [0.1, 0.15) is 4.83 Å². The SMILES string of the molecule is CC(C)n1c(C=O)cc2ccsc21. The zero-order valence-electron chi connectivity index (χ0n) is 7.65. The first-order valence-electron chi connectivity index (χ1n) is 4.27. The van der Waals surface area contributed by atoms with Crippen molar-refractivity contribution in [1.29, 1.82) is 0 Å². The molecular weight excluding hydrogens is 182 g/mol. The second-order valence-corrected chi connectivity index (χ2v) is 4.23. The molecule has 0 amide bonds. The summed E-state index contributed by atoms with van der Waals surface area (Å²) in [4.78, 5) is 12.0. The van der Waals surface area contributed by atoms with E-state index < -0.39 is 0 Å². The Bertz CT molecular complexity index is 439. The Labute approximate surface area is 80.8 Å². The smallest absolute Gasteiger partial charge is 0.166 e. The molecule has 68 valence electrons. The molecule has 0 aliphatic rings. The van der Waals surface area contributed by atoms with Crippen LogP contribution < -0.4 is 0 Å². The van der Waals surface area contributed by atoms with E-state index in [4.69, 9.17) is 0 Å². The summed E-state index contributed by atoms with van der Waals surface area (Å²) in [5.74, 6) is 0. The molecule has 2 aromatic heterocycles. The van der Waals surface area contributed by atoms with Gasteiger partial charge in [0, 0.05) is 11.4 Å². The lowest BCUT2D eigenvalue weighted by molar-refractivity contribution is 0.111. The van der Waals surface area contributed by atoms with Crippen LogP contribution >= 0.6 is 11.3 Å². The van der Waals surface area contributed by atoms with Crippen molar-refractivity contribution in [2.75, 3.05) is 0 Å². The van der Waals surface area contributed by atoms with Crippen molar-refractivity contribution in [2.24, 2.45) is 0 Å². The minimum absolute atomic E-state index is 0.344. The normalized spacial score (nSPS) is 11.3. The number of carbonyl (C=O) groups excluding carboxylic acids is 1. The Balaban J connectivity index is 2.77. The summed E-state index contributed by atoms with van der Waals surface area (Å²) in [6.07, 6.45) is 0.923. The number of thiophene rings is 1. The van der Waals surface area contributed by atoms with Crippen LogP contribution in [0, 0.1) is 0 Å². The van der Waals surface area contributed by atoms with Crippen LogP contribution in [0.1, 0.15) is 30.4 Å². The Morgan fingerprint density at radius 3 is 2.92 bits per heavy atom. The molecule has 0 aromatic carbocycles. The molecule has 2 nitrogen and oxygen atoms in total. The maximum absolute atomic E-state index is 10.8. The van der Waals surface area contributed by atoms with E-state index in [0.717, 1.165) is 12.0 Å². The molecule has 3 heteroatoms. The lowest BCUT2D eigenvalue weighted by atomic mass is 10.3. The first-order valence-corrected chi connectivity index (χ1v) is 5.15. The minimum Gasteiger partial charge on any atom is -0.328 e. The molecule has 2 heterocycles. The fraction of sp³-hybridized carbons (Fsp3) is 0.300. The monoisotopic (exact) mass is 193 g/mol. The summed E-state index contributed by atoms with van der Waals surface area (Å²) < 4.78 is 2.08. The van der Waals surface area contributed by atoms with E-state index in [2.05, 4.69) is 23.8 Å². The van der Waals surface area contributed by atoms with E-state index in [1.165, 1.54) is 10.2 Å². The highest BCUT2D eigenvalue weighted by Gasteiger charge is 2.10. The predicted molar refractivity (Wildman–Crippen MR) is 55.6 cm³/mol. The second-order valence-electron chi connectivity index (χ2n) is 3.33. The first-order chi connectivity index (χ1) is 6.24. The fourth-order valence-corrected chi connectivity index (χ4v) is 2.62. The van der Waals surface area contributed by atoms with Gasteiger partial charge in [0.2, 0.25) is 0 Å². The zero-order valence-corrected chi connectivity index (χ0v) is 8.47. The molecule has 0 spiro atoms. The molecular formula is C10H11NOS. The van der Waals surface area contributed by atoms with E-state index >= 15 is 0 Å². The molecule has 0 aliphatic carbocycles. The van der Waals surface area contributed by atoms with Gasteiger partial charge in [-0.05, 0) is 31.4 Å². The van der Waals surface area contributed by atoms with Crippen LogP contribution in [0.25, 0.3) is 10.2 Å². The number of fused-ring (bicyclic) bond motifs is 1. The third-order valence-corrected chi connectivity index (χ3v) is 3.04. The van der Waals surface area contributed by atoms with Crippen LogP contribution in [0.15, 0.2) is 17.5 Å². The van der Waals surface area contributed by atoms with Crippen LogP contribution in [0.2, 0.25) is 0 Å². The zero-order chi connectivity index (χ0) is 9.42. The number of hydrogen-bond donors (Lipinski definition) is 0. The van der Waals surface area contributed by atoms with Crippen molar-refractivity contribution in [3.05, 3.63) is 23.2 Å². The molecule has 0 atom stereocenters. The molecule has 2 rings (SSSR count). The number of aldehydes is 1. The molecule has 0 bridgehead atoms. The average Bonchev–Trinajstić information content (AvgIpc) is 2.59. The summed E-state index contributed by atoms with van der Waals surface area (Å²) >= 11 is 1.68. The standard InChI is InChI=1S/C10H11NOS/c1-7(2)11-9(6-12)5-8-3-4-13-10(8)11/h3-7H,1-2H3. The van der Waals surface area contributed by atoms with Crippen molar-refractivity contribution < 1.29 is 4.79 Å². The number of carbonyl (C=O) groups is 1. The summed E-state index contributed by atoms with van der Waals surface area (Å²) in [6.45, 7) is 4.18. The molecule has 0 saturated heterocycles. The molecule has 0 saturated carbocycles. The molecule has 13 heavy (non-hydrogen) atoms. The van der Waals surface area contributed by atoms with Crippen molar-refractivity contribution in [3.63, 3.8) is 0 Å². The number of nitrogens with zero attached hydrogens (tertiary/aromatic N) is 1. The van der Waals surface area contributed by atoms with E-state index in [0.29, 0.717) is 6.04 Å². The van der Waals surface area contributed by atoms with Crippen molar-refractivity contribution in [1.82, 2.24) is 4.57 Å². The van der Waals surface area contributed by atoms with Gasteiger partial charge in [0.05, 0.1) is 5.69 Å². The second kappa shape index (κ2) is 3.00. The molecule has 0 N–H and O–H groups in total. The molecule has 0 radical (unpaired) electrons. The van der Waals surface area contributed by atoms with E-state index in [1.54, 1.807) is 11.3 Å². The Morgan fingerprint density at radius 2 is 2.31 bits per heavy atom. The van der Waals surface area contributed by atoms with Crippen LogP contribution in [0.4, 0.5) is 0 Å². The average molecular weight is 193 g/mol. The third-order valence-electron chi connectivity index (χ3n) is 2.11. The van der Waals surface area contributed by atoms with E-state index in [9.17, 15) is 4.79 Å². The number of aromatic nitrogens is 1. The maximum Gasteiger partial charge on any atom is 0.166 e. The van der Waals surface area contributed by atoms with Crippen LogP contribution in [-0.4, -0.2) is 10.9 Å². The van der Waals surface area contributed by atoms with Crippen molar-refractivity contribution in [2.45, 2.75) is 19.9 Å². The quantitative estimate of drug-likeness (QED) is 0.672. The summed E-state index contributed by atoms with van der Waals surface area (Å²) in [5.41, 5.74) is 0.775. The highest BCUT2D eigenvalue weighted by Crippen LogP contribution is 2.27. The van der Waals surface area contributed by atoms with Gasteiger partial charge in [0.15, 0.2) is 6.29 Å². The predicted octanol–water partition coefficient (Wildman–Crippen LogP) is 3.10. The number of rotatable bonds is 2. The third kappa shape index (κ3) is 1.20. The van der Waals surface area contributed by atoms with Crippen molar-refractivity contribution >= 4 is 27.8 Å². The van der Waals surface area contributed by atoms with Gasteiger partial charge < -0.3 is 4.57 Å². The van der Waals surface area contributed by atoms with Crippen molar-refractivity contribution in [3.8, 4) is 0 Å². The lowest BCUT2D eigenvalue weighted by Gasteiger charge is -2.09. The summed E-state index contributed by atoms with van der Waals surface area (Å²) in [6, 6.07) is 4.33. The van der Waals surface area contributed by atoms with Crippen LogP contribution in [0.5, 0.6) is 0 Å². The van der Waals surface area contributed by atoms with Gasteiger partial charge in [-0.2, -0.15) is 0 Å². The van der Waals surface area contributed by atoms with Gasteiger partial charge in [-0.25, -0.2) is 0 Å². The van der Waals surface area contributed by atoms with Crippen LogP contribution in [-0.2, 0) is 0 Å². The Hall–Kier alpha value is -1.09. The molecule has 2 aromatic rings. The van der Waals surface area contributed by atoms with Gasteiger partial charge in [-0.1, -0.05) is 0 Å². The maximum atomic E-state index is 10.8. The Morgan fingerprint density at radius 1 is 1.54 bits per heavy atom. The largest absolute Gasteiger partial charge is 0.328 e. The van der Waals surface area contributed by atoms with Gasteiger partial charge in [-0.15, -0.1) is 11.3 Å². The molecule has 0 unspecified atom stereocenters. The minimum atomic E-state index is 0.344. The van der Waals surface area contributed by atoms with E-state index in [-0.39, 0.29) is 0 Å². The van der Waals surface area contributed by atoms with Gasteiger partial charge in [-0.3, -0.25) is 4.79 Å². The first kappa shape index (κ1) is 8.51.